The zero-order valence-electron chi connectivity index (χ0n) is 12.3. The van der Waals surface area contributed by atoms with E-state index in [-0.39, 0.29) is 11.5 Å². The third kappa shape index (κ3) is 4.27. The summed E-state index contributed by atoms with van der Waals surface area (Å²) in [4.78, 5) is 16.4. The van der Waals surface area contributed by atoms with E-state index in [0.717, 1.165) is 5.01 Å². The number of carbonyl (C=O) groups excluding carboxylic acids is 1. The van der Waals surface area contributed by atoms with Gasteiger partial charge in [-0.1, -0.05) is 12.1 Å². The molecule has 6 heteroatoms. The minimum Gasteiger partial charge on any atom is -0.486 e. The molecule has 0 aliphatic heterocycles. The number of hydrogen-bond acceptors (Lipinski definition) is 5. The first-order valence-electron chi connectivity index (χ1n) is 6.63. The Labute approximate surface area is 128 Å². The maximum Gasteiger partial charge on any atom is 0.275 e. The molecule has 0 saturated carbocycles. The van der Waals surface area contributed by atoms with Crippen molar-refractivity contribution in [2.24, 2.45) is 5.73 Å². The van der Waals surface area contributed by atoms with Crippen LogP contribution in [0.15, 0.2) is 29.6 Å². The number of amides is 1. The molecule has 5 nitrogen and oxygen atoms in total. The number of rotatable bonds is 4. The lowest BCUT2D eigenvalue weighted by molar-refractivity contribution is 0.101. The lowest BCUT2D eigenvalue weighted by Crippen LogP contribution is -2.24. The van der Waals surface area contributed by atoms with Crippen molar-refractivity contribution in [3.8, 4) is 5.75 Å². The van der Waals surface area contributed by atoms with Crippen LogP contribution in [0.25, 0.3) is 0 Å². The summed E-state index contributed by atoms with van der Waals surface area (Å²) in [6, 6.07) is 7.34. The number of aromatic nitrogens is 1. The summed E-state index contributed by atoms with van der Waals surface area (Å²) in [6.07, 6.45) is 0. The van der Waals surface area contributed by atoms with Crippen LogP contribution < -0.4 is 15.8 Å². The van der Waals surface area contributed by atoms with Crippen LogP contribution in [0.1, 0.15) is 36.3 Å². The second kappa shape index (κ2) is 6.24. The van der Waals surface area contributed by atoms with Crippen molar-refractivity contribution in [3.63, 3.8) is 0 Å². The second-order valence-corrected chi connectivity index (χ2v) is 6.44. The van der Waals surface area contributed by atoms with Crippen molar-refractivity contribution in [2.45, 2.75) is 32.9 Å². The number of anilines is 1. The number of nitrogens with one attached hydrogen (secondary N) is 1. The van der Waals surface area contributed by atoms with E-state index in [1.807, 2.05) is 39.0 Å². The Morgan fingerprint density at radius 3 is 2.71 bits per heavy atom. The standard InChI is InChI=1S/C15H19N3O2S/c1-15(2,3)20-12-7-5-4-6-10(12)18-14(19)11-9-21-13(8-16)17-11/h4-7,9H,8,16H2,1-3H3,(H,18,19). The first-order chi connectivity index (χ1) is 9.89. The molecular formula is C15H19N3O2S. The van der Waals surface area contributed by atoms with Gasteiger partial charge in [-0.25, -0.2) is 4.98 Å². The minimum absolute atomic E-state index is 0.268. The summed E-state index contributed by atoms with van der Waals surface area (Å²) in [5, 5.41) is 5.26. The quantitative estimate of drug-likeness (QED) is 0.910. The molecule has 1 heterocycles. The van der Waals surface area contributed by atoms with E-state index in [0.29, 0.717) is 23.7 Å². The summed E-state index contributed by atoms with van der Waals surface area (Å²) in [6.45, 7) is 6.21. The second-order valence-electron chi connectivity index (χ2n) is 5.50. The average molecular weight is 305 g/mol. The Balaban J connectivity index is 2.17. The highest BCUT2D eigenvalue weighted by Crippen LogP contribution is 2.28. The van der Waals surface area contributed by atoms with E-state index in [2.05, 4.69) is 10.3 Å². The highest BCUT2D eigenvalue weighted by atomic mass is 32.1. The van der Waals surface area contributed by atoms with E-state index in [1.54, 1.807) is 11.4 Å². The topological polar surface area (TPSA) is 77.2 Å². The zero-order chi connectivity index (χ0) is 15.5. The van der Waals surface area contributed by atoms with Gasteiger partial charge in [-0.2, -0.15) is 0 Å². The van der Waals surface area contributed by atoms with Crippen molar-refractivity contribution < 1.29 is 9.53 Å². The van der Waals surface area contributed by atoms with Crippen LogP contribution in [0.3, 0.4) is 0 Å². The summed E-state index contributed by atoms with van der Waals surface area (Å²) in [5.41, 5.74) is 6.16. The predicted molar refractivity (Wildman–Crippen MR) is 84.8 cm³/mol. The van der Waals surface area contributed by atoms with Gasteiger partial charge in [-0.15, -0.1) is 11.3 Å². The highest BCUT2D eigenvalue weighted by Gasteiger charge is 2.17. The molecule has 0 aliphatic carbocycles. The molecular weight excluding hydrogens is 286 g/mol. The average Bonchev–Trinajstić information content (AvgIpc) is 2.88. The smallest absolute Gasteiger partial charge is 0.275 e. The fourth-order valence-corrected chi connectivity index (χ4v) is 2.34. The number of nitrogens with zero attached hydrogens (tertiary/aromatic N) is 1. The number of benzene rings is 1. The zero-order valence-corrected chi connectivity index (χ0v) is 13.2. The van der Waals surface area contributed by atoms with Gasteiger partial charge in [0.2, 0.25) is 0 Å². The van der Waals surface area contributed by atoms with Crippen molar-refractivity contribution >= 4 is 22.9 Å². The van der Waals surface area contributed by atoms with Crippen molar-refractivity contribution in [2.75, 3.05) is 5.32 Å². The minimum atomic E-state index is -0.339. The third-order valence-electron chi connectivity index (χ3n) is 2.51. The van der Waals surface area contributed by atoms with E-state index in [9.17, 15) is 4.79 Å². The fraction of sp³-hybridized carbons (Fsp3) is 0.333. The molecule has 1 aromatic carbocycles. The monoisotopic (exact) mass is 305 g/mol. The van der Waals surface area contributed by atoms with Crippen LogP contribution in [-0.4, -0.2) is 16.5 Å². The maximum absolute atomic E-state index is 12.2. The lowest BCUT2D eigenvalue weighted by Gasteiger charge is -2.23. The number of thiazole rings is 1. The lowest BCUT2D eigenvalue weighted by atomic mass is 10.2. The van der Waals surface area contributed by atoms with Crippen LogP contribution >= 0.6 is 11.3 Å². The molecule has 2 rings (SSSR count). The summed E-state index contributed by atoms with van der Waals surface area (Å²) in [7, 11) is 0. The van der Waals surface area contributed by atoms with Crippen LogP contribution in [-0.2, 0) is 6.54 Å². The normalized spacial score (nSPS) is 11.2. The number of ether oxygens (including phenoxy) is 1. The number of nitrogens with two attached hydrogens (primary N) is 1. The van der Waals surface area contributed by atoms with E-state index >= 15 is 0 Å². The van der Waals surface area contributed by atoms with Gasteiger partial charge in [0, 0.05) is 11.9 Å². The van der Waals surface area contributed by atoms with Crippen LogP contribution in [0.5, 0.6) is 5.75 Å². The molecule has 3 N–H and O–H groups in total. The molecule has 0 fully saturated rings. The molecule has 112 valence electrons. The van der Waals surface area contributed by atoms with Gasteiger partial charge in [0.05, 0.1) is 5.69 Å². The van der Waals surface area contributed by atoms with E-state index in [4.69, 9.17) is 10.5 Å². The van der Waals surface area contributed by atoms with Crippen molar-refractivity contribution in [1.29, 1.82) is 0 Å². The Bertz CT molecular complexity index is 632. The van der Waals surface area contributed by atoms with Gasteiger partial charge in [0.1, 0.15) is 22.1 Å². The Kier molecular flexibility index (Phi) is 4.59. The third-order valence-corrected chi connectivity index (χ3v) is 3.38. The van der Waals surface area contributed by atoms with E-state index < -0.39 is 0 Å². The SMILES string of the molecule is CC(C)(C)Oc1ccccc1NC(=O)c1csc(CN)n1. The summed E-state index contributed by atoms with van der Waals surface area (Å²) < 4.78 is 5.84. The maximum atomic E-state index is 12.2. The molecule has 21 heavy (non-hydrogen) atoms. The molecule has 0 saturated heterocycles. The van der Waals surface area contributed by atoms with Crippen LogP contribution in [0.2, 0.25) is 0 Å². The van der Waals surface area contributed by atoms with Gasteiger partial charge in [-0.3, -0.25) is 4.79 Å². The van der Waals surface area contributed by atoms with Crippen molar-refractivity contribution in [1.82, 2.24) is 4.98 Å². The molecule has 1 amide bonds. The molecule has 0 radical (unpaired) electrons. The summed E-state index contributed by atoms with van der Waals surface area (Å²) >= 11 is 1.37. The van der Waals surface area contributed by atoms with Gasteiger partial charge >= 0.3 is 0 Å². The first-order valence-corrected chi connectivity index (χ1v) is 7.51. The molecule has 1 aromatic heterocycles. The Morgan fingerprint density at radius 2 is 2.10 bits per heavy atom. The Hall–Kier alpha value is -1.92. The summed E-state index contributed by atoms with van der Waals surface area (Å²) in [5.74, 6) is 0.364. The number of para-hydroxylation sites is 2. The highest BCUT2D eigenvalue weighted by molar-refractivity contribution is 7.09. The number of carbonyl (C=O) groups is 1. The Morgan fingerprint density at radius 1 is 1.38 bits per heavy atom. The van der Waals surface area contributed by atoms with Gasteiger partial charge in [-0.05, 0) is 32.9 Å². The molecule has 0 aliphatic rings. The number of hydrogen-bond donors (Lipinski definition) is 2. The van der Waals surface area contributed by atoms with E-state index in [1.165, 1.54) is 11.3 Å². The van der Waals surface area contributed by atoms with Crippen molar-refractivity contribution in [3.05, 3.63) is 40.3 Å². The van der Waals surface area contributed by atoms with Gasteiger partial charge in [0.25, 0.3) is 5.91 Å². The van der Waals surface area contributed by atoms with Crippen LogP contribution in [0, 0.1) is 0 Å². The predicted octanol–water partition coefficient (Wildman–Crippen LogP) is 3.03. The van der Waals surface area contributed by atoms with Crippen LogP contribution in [0.4, 0.5) is 5.69 Å². The van der Waals surface area contributed by atoms with Gasteiger partial charge < -0.3 is 15.8 Å². The molecule has 0 bridgehead atoms. The molecule has 0 spiro atoms. The fourth-order valence-electron chi connectivity index (χ4n) is 1.68. The first kappa shape index (κ1) is 15.5. The largest absolute Gasteiger partial charge is 0.486 e. The molecule has 0 atom stereocenters. The molecule has 0 unspecified atom stereocenters. The molecule has 2 aromatic rings. The van der Waals surface area contributed by atoms with Gasteiger partial charge in [0.15, 0.2) is 0 Å².